The van der Waals surface area contributed by atoms with Gasteiger partial charge in [-0.2, -0.15) is 5.26 Å². The predicted molar refractivity (Wildman–Crippen MR) is 169 cm³/mol. The molecular weight excluding hydrogens is 568 g/mol. The van der Waals surface area contributed by atoms with E-state index in [1.54, 1.807) is 7.11 Å². The second kappa shape index (κ2) is 11.3. The monoisotopic (exact) mass is 608 g/mol. The van der Waals surface area contributed by atoms with E-state index in [0.29, 0.717) is 36.3 Å². The van der Waals surface area contributed by atoms with Crippen LogP contribution in [0.2, 0.25) is 0 Å². The van der Waals surface area contributed by atoms with Gasteiger partial charge in [0.25, 0.3) is 0 Å². The van der Waals surface area contributed by atoms with E-state index in [4.69, 9.17) is 14.2 Å². The van der Waals surface area contributed by atoms with Crippen molar-refractivity contribution >= 4 is 5.91 Å². The Hall–Kier alpha value is -4.26. The number of nitrogens with zero attached hydrogens (tertiary/aromatic N) is 3. The molecule has 1 amide bonds. The average Bonchev–Trinajstić information content (AvgIpc) is 3.53. The van der Waals surface area contributed by atoms with Crippen molar-refractivity contribution in [3.63, 3.8) is 0 Å². The Morgan fingerprint density at radius 3 is 2.58 bits per heavy atom. The van der Waals surface area contributed by atoms with Gasteiger partial charge in [0.15, 0.2) is 11.5 Å². The summed E-state index contributed by atoms with van der Waals surface area (Å²) < 4.78 is 17.8. The molecule has 2 N–H and O–H groups in total. The fraction of sp³-hybridized carbons (Fsp3) is 0.444. The molecule has 5 atom stereocenters. The van der Waals surface area contributed by atoms with Crippen molar-refractivity contribution in [3.05, 3.63) is 80.9 Å². The van der Waals surface area contributed by atoms with Crippen molar-refractivity contribution in [3.8, 4) is 29.1 Å². The standard InChI is InChI=1S/C36H40N4O5/c1-19-13-23-14-25-27(16-37)40-26(32(39(25)4)30(23)20(2)34(19)43-5)15-24-31(36-35(44-18-45-36)21(3)33(24)42)28(40)17-38-29(41)12-11-22-9-7-6-8-10-22/h6-10,13,25-28,32,42H,11-12,14-15,17-18H2,1-5H3,(H,38,41)/t25-,26?,27-,28-,32-/m0/s1. The number of fused-ring (bicyclic) bond motifs is 9. The number of nitrogens with one attached hydrogen (secondary N) is 1. The molecule has 1 fully saturated rings. The van der Waals surface area contributed by atoms with Crippen molar-refractivity contribution in [2.45, 2.75) is 76.7 Å². The van der Waals surface area contributed by atoms with Gasteiger partial charge < -0.3 is 24.6 Å². The van der Waals surface area contributed by atoms with Gasteiger partial charge in [0.2, 0.25) is 12.7 Å². The highest BCUT2D eigenvalue weighted by Gasteiger charge is 2.56. The Labute approximate surface area is 264 Å². The molecular formula is C36H40N4O5. The second-order valence-electron chi connectivity index (χ2n) is 12.8. The Bertz CT molecular complexity index is 1720. The summed E-state index contributed by atoms with van der Waals surface area (Å²) in [5.41, 5.74) is 8.05. The number of ether oxygens (including phenoxy) is 3. The van der Waals surface area contributed by atoms with Crippen LogP contribution in [0.5, 0.6) is 23.0 Å². The first-order valence-electron chi connectivity index (χ1n) is 15.8. The Kier molecular flexibility index (Phi) is 7.38. The van der Waals surface area contributed by atoms with Crippen LogP contribution in [0.1, 0.15) is 63.0 Å². The fourth-order valence-electron chi connectivity index (χ4n) is 8.58. The molecule has 9 heteroatoms. The first-order chi connectivity index (χ1) is 21.7. The van der Waals surface area contributed by atoms with Crippen molar-refractivity contribution in [1.29, 1.82) is 5.26 Å². The number of piperazine rings is 1. The molecule has 45 heavy (non-hydrogen) atoms. The Morgan fingerprint density at radius 2 is 1.84 bits per heavy atom. The van der Waals surface area contributed by atoms with Crippen molar-refractivity contribution in [2.24, 2.45) is 0 Å². The normalized spacial score (nSPS) is 24.7. The number of methoxy groups -OCH3 is 1. The van der Waals surface area contributed by atoms with E-state index in [1.165, 1.54) is 11.1 Å². The van der Waals surface area contributed by atoms with E-state index in [9.17, 15) is 15.2 Å². The Balaban J connectivity index is 1.33. The summed E-state index contributed by atoms with van der Waals surface area (Å²) in [7, 11) is 3.83. The Morgan fingerprint density at radius 1 is 1.09 bits per heavy atom. The first-order valence-corrected chi connectivity index (χ1v) is 15.8. The van der Waals surface area contributed by atoms with Crippen LogP contribution in [-0.2, 0) is 24.1 Å². The maximum absolute atomic E-state index is 13.3. The molecule has 1 unspecified atom stereocenters. The maximum Gasteiger partial charge on any atom is 0.231 e. The fourth-order valence-corrected chi connectivity index (χ4v) is 8.58. The van der Waals surface area contributed by atoms with Gasteiger partial charge in [0, 0.05) is 41.7 Å². The molecule has 9 nitrogen and oxygen atoms in total. The summed E-state index contributed by atoms with van der Waals surface area (Å²) in [4.78, 5) is 17.9. The molecule has 0 aliphatic carbocycles. The smallest absolute Gasteiger partial charge is 0.231 e. The first kappa shape index (κ1) is 29.5. The maximum atomic E-state index is 13.3. The summed E-state index contributed by atoms with van der Waals surface area (Å²) in [5.74, 6) is 2.17. The van der Waals surface area contributed by atoms with E-state index < -0.39 is 12.1 Å². The van der Waals surface area contributed by atoms with Gasteiger partial charge in [-0.25, -0.2) is 0 Å². The van der Waals surface area contributed by atoms with Gasteiger partial charge >= 0.3 is 0 Å². The van der Waals surface area contributed by atoms with Gasteiger partial charge in [-0.15, -0.1) is 0 Å². The van der Waals surface area contributed by atoms with Crippen LogP contribution in [0, 0.1) is 32.1 Å². The molecule has 2 bridgehead atoms. The van der Waals surface area contributed by atoms with Gasteiger partial charge in [-0.3, -0.25) is 14.6 Å². The lowest BCUT2D eigenvalue weighted by Crippen LogP contribution is -2.68. The van der Waals surface area contributed by atoms with Crippen LogP contribution in [0.15, 0.2) is 36.4 Å². The summed E-state index contributed by atoms with van der Waals surface area (Å²) in [6.45, 7) is 6.39. The van der Waals surface area contributed by atoms with Crippen molar-refractivity contribution in [2.75, 3.05) is 27.5 Å². The summed E-state index contributed by atoms with van der Waals surface area (Å²) in [6, 6.07) is 13.8. The van der Waals surface area contributed by atoms with Crippen molar-refractivity contribution < 1.29 is 24.1 Å². The number of rotatable bonds is 6. The molecule has 234 valence electrons. The number of carbonyl (C=O) groups is 1. The lowest BCUT2D eigenvalue weighted by atomic mass is 9.71. The van der Waals surface area contributed by atoms with Crippen LogP contribution < -0.4 is 19.5 Å². The molecule has 1 saturated heterocycles. The number of benzene rings is 3. The topological polar surface area (TPSA) is 107 Å². The number of carbonyl (C=O) groups excluding carboxylic acids is 1. The highest BCUT2D eigenvalue weighted by atomic mass is 16.7. The molecule has 0 radical (unpaired) electrons. The molecule has 0 aromatic heterocycles. The third-order valence-corrected chi connectivity index (χ3v) is 10.5. The van der Waals surface area contributed by atoms with Crippen molar-refractivity contribution in [1.82, 2.24) is 15.1 Å². The van der Waals surface area contributed by atoms with E-state index in [0.717, 1.165) is 40.0 Å². The average molecular weight is 609 g/mol. The van der Waals surface area contributed by atoms with E-state index >= 15 is 0 Å². The molecule has 4 heterocycles. The molecule has 4 aliphatic heterocycles. The summed E-state index contributed by atoms with van der Waals surface area (Å²) in [6.07, 6.45) is 2.24. The number of aromatic hydroxyl groups is 1. The predicted octanol–water partition coefficient (Wildman–Crippen LogP) is 4.58. The number of nitriles is 1. The lowest BCUT2D eigenvalue weighted by Gasteiger charge is -2.60. The number of amides is 1. The minimum atomic E-state index is -0.451. The zero-order valence-corrected chi connectivity index (χ0v) is 26.5. The van der Waals surface area contributed by atoms with Crippen LogP contribution >= 0.6 is 0 Å². The zero-order valence-electron chi connectivity index (χ0n) is 26.5. The number of aryl methyl sites for hydroxylation is 2. The third-order valence-electron chi connectivity index (χ3n) is 10.5. The minimum Gasteiger partial charge on any atom is -0.507 e. The van der Waals surface area contributed by atoms with Crippen LogP contribution in [0.3, 0.4) is 0 Å². The number of hydrogen-bond acceptors (Lipinski definition) is 8. The van der Waals surface area contributed by atoms with Gasteiger partial charge in [0.1, 0.15) is 17.5 Å². The lowest BCUT2D eigenvalue weighted by molar-refractivity contribution is -0.122. The highest BCUT2D eigenvalue weighted by molar-refractivity contribution is 5.76. The molecule has 3 aromatic carbocycles. The molecule has 4 aliphatic rings. The largest absolute Gasteiger partial charge is 0.507 e. The van der Waals surface area contributed by atoms with E-state index in [1.807, 2.05) is 37.3 Å². The highest BCUT2D eigenvalue weighted by Crippen LogP contribution is 2.57. The second-order valence-corrected chi connectivity index (χ2v) is 12.8. The number of likely N-dealkylation sites (N-methyl/N-ethyl adjacent to an activating group) is 1. The van der Waals surface area contributed by atoms with Crippen LogP contribution in [0.4, 0.5) is 0 Å². The van der Waals surface area contributed by atoms with E-state index in [2.05, 4.69) is 48.1 Å². The SMILES string of the molecule is COc1c(C)cc2c(c1C)[C@@H]1C3Cc4c(O)c(C)c5c(c4[C@H](CNC(=O)CCc4ccccc4)N3[C@@H](C#N)[C@H](C2)N1C)OCO5. The molecule has 7 rings (SSSR count). The summed E-state index contributed by atoms with van der Waals surface area (Å²) >= 11 is 0. The van der Waals surface area contributed by atoms with Crippen LogP contribution in [-0.4, -0.2) is 66.4 Å². The molecule has 3 aromatic rings. The van der Waals surface area contributed by atoms with E-state index in [-0.39, 0.29) is 43.1 Å². The van der Waals surface area contributed by atoms with Gasteiger partial charge in [0.05, 0.1) is 25.3 Å². The number of phenols is 1. The molecule has 0 saturated carbocycles. The van der Waals surface area contributed by atoms with Gasteiger partial charge in [-0.05, 0) is 74.9 Å². The van der Waals surface area contributed by atoms with Crippen LogP contribution in [0.25, 0.3) is 0 Å². The quantitative estimate of drug-likeness (QED) is 0.419. The molecule has 0 spiro atoms. The van der Waals surface area contributed by atoms with Gasteiger partial charge in [-0.1, -0.05) is 36.4 Å². The minimum absolute atomic E-state index is 0.0487. The summed E-state index contributed by atoms with van der Waals surface area (Å²) in [5, 5.41) is 25.7. The zero-order chi connectivity index (χ0) is 31.6. The third kappa shape index (κ3) is 4.53. The number of hydrogen-bond donors (Lipinski definition) is 2. The number of phenolic OH excluding ortho intramolecular Hbond substituents is 1.